The first-order chi connectivity index (χ1) is 14.1. The van der Waals surface area contributed by atoms with Crippen LogP contribution in [0.1, 0.15) is 73.7 Å². The van der Waals surface area contributed by atoms with E-state index in [1.807, 2.05) is 12.1 Å². The van der Waals surface area contributed by atoms with Gasteiger partial charge in [-0.3, -0.25) is 0 Å². The molecule has 0 aliphatic heterocycles. The van der Waals surface area contributed by atoms with Crippen LogP contribution in [0.3, 0.4) is 0 Å². The molecule has 0 aromatic heterocycles. The number of hydrogen-bond donors (Lipinski definition) is 0. The fraction of sp³-hybridized carbons (Fsp3) is 0.321. The van der Waals surface area contributed by atoms with Gasteiger partial charge in [-0.1, -0.05) is 68.2 Å². The van der Waals surface area contributed by atoms with Crippen LogP contribution in [0.15, 0.2) is 48.5 Å². The number of allylic oxidation sites excluding steroid dienone is 2. The Bertz CT molecular complexity index is 1060. The van der Waals surface area contributed by atoms with Crippen molar-refractivity contribution in [2.75, 3.05) is 7.11 Å². The predicted molar refractivity (Wildman–Crippen MR) is 126 cm³/mol. The Morgan fingerprint density at radius 2 is 1.67 bits per heavy atom. The molecule has 1 aliphatic rings. The van der Waals surface area contributed by atoms with E-state index in [4.69, 9.17) is 4.74 Å². The van der Waals surface area contributed by atoms with Gasteiger partial charge < -0.3 is 4.74 Å². The predicted octanol–water partition coefficient (Wildman–Crippen LogP) is 6.76. The highest BCUT2D eigenvalue weighted by Gasteiger charge is 2.27. The van der Waals surface area contributed by atoms with E-state index in [1.165, 1.54) is 18.2 Å². The van der Waals surface area contributed by atoms with E-state index in [0.717, 1.165) is 23.1 Å². The smallest absolute Gasteiger partial charge is 0.337 e. The third-order valence-electron chi connectivity index (χ3n) is 5.25. The zero-order valence-corrected chi connectivity index (χ0v) is 18.8. The van der Waals surface area contributed by atoms with E-state index in [1.54, 1.807) is 12.1 Å². The number of benzene rings is 2. The Labute approximate surface area is 180 Å². The van der Waals surface area contributed by atoms with Gasteiger partial charge in [-0.15, -0.1) is 0 Å². The van der Waals surface area contributed by atoms with Crippen molar-refractivity contribution in [3.63, 3.8) is 0 Å². The summed E-state index contributed by atoms with van der Waals surface area (Å²) in [5.41, 5.74) is 6.50. The van der Waals surface area contributed by atoms with Crippen molar-refractivity contribution in [1.82, 2.24) is 0 Å². The normalized spacial score (nSPS) is 15.1. The summed E-state index contributed by atoms with van der Waals surface area (Å²) in [5.74, 6) is 6.48. The van der Waals surface area contributed by atoms with Gasteiger partial charge in [0.2, 0.25) is 0 Å². The number of carbonyl (C=O) groups is 1. The average molecular weight is 399 g/mol. The van der Waals surface area contributed by atoms with Gasteiger partial charge in [0.1, 0.15) is 0 Å². The molecule has 0 bridgehead atoms. The van der Waals surface area contributed by atoms with Crippen molar-refractivity contribution in [2.24, 2.45) is 5.41 Å². The minimum absolute atomic E-state index is 0.0259. The molecule has 2 heteroatoms. The maximum atomic E-state index is 11.6. The van der Waals surface area contributed by atoms with Crippen LogP contribution in [0.5, 0.6) is 0 Å². The number of ether oxygens (including phenoxy) is 1. The standard InChI is InChI=1S/C28H30O2/c1-27(2,3)17-15-22-16-18-28(4,5)25-14-11-21(19-24(22)25)8-7-20-9-12-23(13-10-20)26(29)30-6/h7-14,16,19H,18H2,1-6H3/b8-7+. The molecule has 2 nitrogen and oxygen atoms in total. The van der Waals surface area contributed by atoms with E-state index in [0.29, 0.717) is 5.56 Å². The Hall–Kier alpha value is -3.05. The lowest BCUT2D eigenvalue weighted by atomic mass is 9.73. The van der Waals surface area contributed by atoms with E-state index < -0.39 is 0 Å². The summed E-state index contributed by atoms with van der Waals surface area (Å²) in [7, 11) is 1.39. The fourth-order valence-corrected chi connectivity index (χ4v) is 3.47. The lowest BCUT2D eigenvalue weighted by Crippen LogP contribution is -2.21. The highest BCUT2D eigenvalue weighted by molar-refractivity contribution is 5.89. The van der Waals surface area contributed by atoms with Crippen molar-refractivity contribution < 1.29 is 9.53 Å². The molecule has 0 heterocycles. The second kappa shape index (κ2) is 8.36. The molecule has 154 valence electrons. The average Bonchev–Trinajstić information content (AvgIpc) is 2.70. The Morgan fingerprint density at radius 1 is 1.03 bits per heavy atom. The zero-order valence-electron chi connectivity index (χ0n) is 18.8. The van der Waals surface area contributed by atoms with Gasteiger partial charge in [-0.25, -0.2) is 4.79 Å². The molecule has 1 aliphatic carbocycles. The van der Waals surface area contributed by atoms with Gasteiger partial charge >= 0.3 is 5.97 Å². The molecule has 0 atom stereocenters. The Balaban J connectivity index is 1.91. The molecular weight excluding hydrogens is 368 g/mol. The zero-order chi connectivity index (χ0) is 21.9. The first-order valence-electron chi connectivity index (χ1n) is 10.3. The topological polar surface area (TPSA) is 26.3 Å². The van der Waals surface area contributed by atoms with Gasteiger partial charge in [0.05, 0.1) is 12.7 Å². The van der Waals surface area contributed by atoms with Gasteiger partial charge in [0, 0.05) is 11.0 Å². The number of hydrogen-bond acceptors (Lipinski definition) is 2. The molecule has 3 rings (SSSR count). The molecule has 30 heavy (non-hydrogen) atoms. The van der Waals surface area contributed by atoms with E-state index >= 15 is 0 Å². The Morgan fingerprint density at radius 3 is 2.30 bits per heavy atom. The minimum atomic E-state index is -0.321. The monoisotopic (exact) mass is 398 g/mol. The summed E-state index contributed by atoms with van der Waals surface area (Å²) in [5, 5.41) is 0. The molecule has 0 amide bonds. The highest BCUT2D eigenvalue weighted by Crippen LogP contribution is 2.39. The second-order valence-corrected chi connectivity index (χ2v) is 9.46. The Kier molecular flexibility index (Phi) is 6.04. The van der Waals surface area contributed by atoms with Crippen LogP contribution in [0, 0.1) is 17.3 Å². The van der Waals surface area contributed by atoms with Crippen LogP contribution in [-0.2, 0) is 10.2 Å². The van der Waals surface area contributed by atoms with Crippen LogP contribution in [0.25, 0.3) is 17.7 Å². The second-order valence-electron chi connectivity index (χ2n) is 9.46. The summed E-state index contributed by atoms with van der Waals surface area (Å²) < 4.78 is 4.75. The van der Waals surface area contributed by atoms with Gasteiger partial charge in [0.25, 0.3) is 0 Å². The maximum absolute atomic E-state index is 11.6. The van der Waals surface area contributed by atoms with Gasteiger partial charge in [0.15, 0.2) is 0 Å². The third-order valence-corrected chi connectivity index (χ3v) is 5.25. The van der Waals surface area contributed by atoms with Crippen molar-refractivity contribution >= 4 is 23.7 Å². The molecule has 0 saturated carbocycles. The molecule has 0 unspecified atom stereocenters. The lowest BCUT2D eigenvalue weighted by molar-refractivity contribution is 0.0600. The van der Waals surface area contributed by atoms with Gasteiger partial charge in [-0.2, -0.15) is 0 Å². The van der Waals surface area contributed by atoms with Crippen molar-refractivity contribution in [1.29, 1.82) is 0 Å². The summed E-state index contributed by atoms with van der Waals surface area (Å²) in [6, 6.07) is 14.0. The molecule has 0 saturated heterocycles. The highest BCUT2D eigenvalue weighted by atomic mass is 16.5. The first-order valence-corrected chi connectivity index (χ1v) is 10.3. The van der Waals surface area contributed by atoms with Crippen LogP contribution < -0.4 is 0 Å². The lowest BCUT2D eigenvalue weighted by Gasteiger charge is -2.31. The number of methoxy groups -OCH3 is 1. The summed E-state index contributed by atoms with van der Waals surface area (Å²) in [6.07, 6.45) is 7.43. The molecule has 2 aromatic carbocycles. The number of esters is 1. The van der Waals surface area contributed by atoms with Crippen LogP contribution in [0.4, 0.5) is 0 Å². The van der Waals surface area contributed by atoms with E-state index in [9.17, 15) is 4.79 Å². The first kappa shape index (κ1) is 21.7. The van der Waals surface area contributed by atoms with E-state index in [2.05, 4.69) is 82.9 Å². The largest absolute Gasteiger partial charge is 0.465 e. The molecule has 2 aromatic rings. The quantitative estimate of drug-likeness (QED) is 0.324. The van der Waals surface area contributed by atoms with Crippen molar-refractivity contribution in [2.45, 2.75) is 46.5 Å². The van der Waals surface area contributed by atoms with Crippen LogP contribution >= 0.6 is 0 Å². The van der Waals surface area contributed by atoms with Crippen LogP contribution in [0.2, 0.25) is 0 Å². The molecule has 0 N–H and O–H groups in total. The minimum Gasteiger partial charge on any atom is -0.465 e. The van der Waals surface area contributed by atoms with Crippen LogP contribution in [-0.4, -0.2) is 13.1 Å². The summed E-state index contributed by atoms with van der Waals surface area (Å²) in [4.78, 5) is 11.6. The molecule has 0 spiro atoms. The number of fused-ring (bicyclic) bond motifs is 1. The number of rotatable bonds is 3. The third kappa shape index (κ3) is 5.10. The van der Waals surface area contributed by atoms with E-state index in [-0.39, 0.29) is 16.8 Å². The van der Waals surface area contributed by atoms with Crippen molar-refractivity contribution in [3.8, 4) is 11.8 Å². The SMILES string of the molecule is COC(=O)c1ccc(/C=C/c2ccc3c(c2)C(C#CC(C)(C)C)=CCC3(C)C)cc1. The summed E-state index contributed by atoms with van der Waals surface area (Å²) >= 11 is 0. The fourth-order valence-electron chi connectivity index (χ4n) is 3.47. The maximum Gasteiger partial charge on any atom is 0.337 e. The molecule has 0 fully saturated rings. The number of carbonyl (C=O) groups excluding carboxylic acids is 1. The molecular formula is C28H30O2. The van der Waals surface area contributed by atoms with Crippen molar-refractivity contribution in [3.05, 3.63) is 76.4 Å². The van der Waals surface area contributed by atoms with Gasteiger partial charge in [-0.05, 0) is 73.1 Å². The summed E-state index contributed by atoms with van der Waals surface area (Å²) in [6.45, 7) is 11.0. The molecule has 0 radical (unpaired) electrons.